The molecule has 116 valence electrons. The van der Waals surface area contributed by atoms with Crippen molar-refractivity contribution in [2.45, 2.75) is 12.8 Å². The van der Waals surface area contributed by atoms with Crippen LogP contribution in [0.15, 0.2) is 36.5 Å². The number of benzene rings is 1. The second kappa shape index (κ2) is 6.94. The molecule has 0 saturated heterocycles. The number of thiazole rings is 1. The highest BCUT2D eigenvalue weighted by Gasteiger charge is 2.09. The Kier molecular flexibility index (Phi) is 4.54. The average Bonchev–Trinajstić information content (AvgIpc) is 3.19. The summed E-state index contributed by atoms with van der Waals surface area (Å²) in [6.45, 7) is 0.769. The minimum absolute atomic E-state index is 0.267. The first-order valence-electron chi connectivity index (χ1n) is 7.26. The van der Waals surface area contributed by atoms with Crippen LogP contribution in [0.3, 0.4) is 0 Å². The molecule has 0 unspecified atom stereocenters. The maximum absolute atomic E-state index is 9.02. The summed E-state index contributed by atoms with van der Waals surface area (Å²) in [5, 5.41) is 19.9. The maximum Gasteiger partial charge on any atom is 0.183 e. The summed E-state index contributed by atoms with van der Waals surface area (Å²) in [7, 11) is 0. The topological polar surface area (TPSA) is 103 Å². The van der Waals surface area contributed by atoms with E-state index in [0.29, 0.717) is 5.56 Å². The number of anilines is 2. The van der Waals surface area contributed by atoms with Gasteiger partial charge in [0.15, 0.2) is 10.9 Å². The molecule has 4 N–H and O–H groups in total. The summed E-state index contributed by atoms with van der Waals surface area (Å²) >= 11 is 1.63. The zero-order valence-corrected chi connectivity index (χ0v) is 13.2. The van der Waals surface area contributed by atoms with E-state index >= 15 is 0 Å². The van der Waals surface area contributed by atoms with Gasteiger partial charge in [-0.25, -0.2) is 4.98 Å². The fourth-order valence-corrected chi connectivity index (χ4v) is 3.10. The molecule has 0 fully saturated rings. The van der Waals surface area contributed by atoms with Crippen LogP contribution in [-0.4, -0.2) is 21.7 Å². The lowest BCUT2D eigenvalue weighted by Gasteiger charge is -2.01. The largest absolute Gasteiger partial charge is 0.381 e. The number of hydrogen-bond donors (Lipinski definition) is 3. The Labute approximate surface area is 138 Å². The minimum atomic E-state index is 0.267. The number of rotatable bonds is 6. The number of nitriles is 1. The molecule has 0 aliphatic heterocycles. The predicted molar refractivity (Wildman–Crippen MR) is 92.1 cm³/mol. The Morgan fingerprint density at radius 1 is 1.30 bits per heavy atom. The molecule has 2 heterocycles. The Bertz CT molecular complexity index is 815. The molecule has 7 heteroatoms. The van der Waals surface area contributed by atoms with Crippen molar-refractivity contribution in [1.29, 1.82) is 5.26 Å². The van der Waals surface area contributed by atoms with Gasteiger partial charge in [0.25, 0.3) is 0 Å². The van der Waals surface area contributed by atoms with Gasteiger partial charge in [0.1, 0.15) is 11.6 Å². The van der Waals surface area contributed by atoms with Gasteiger partial charge in [-0.2, -0.15) is 10.4 Å². The zero-order chi connectivity index (χ0) is 16.1. The van der Waals surface area contributed by atoms with Crippen LogP contribution in [-0.2, 0) is 6.42 Å². The van der Waals surface area contributed by atoms with E-state index in [-0.39, 0.29) is 5.82 Å². The van der Waals surface area contributed by atoms with E-state index in [1.807, 2.05) is 24.4 Å². The average molecular weight is 324 g/mol. The third-order valence-electron chi connectivity index (χ3n) is 3.42. The lowest BCUT2D eigenvalue weighted by molar-refractivity contribution is 0.824. The lowest BCUT2D eigenvalue weighted by Crippen LogP contribution is -2.03. The molecule has 0 aliphatic rings. The van der Waals surface area contributed by atoms with Gasteiger partial charge >= 0.3 is 0 Å². The summed E-state index contributed by atoms with van der Waals surface area (Å²) in [5.41, 5.74) is 8.02. The molecule has 0 saturated carbocycles. The van der Waals surface area contributed by atoms with Gasteiger partial charge in [-0.15, -0.1) is 0 Å². The zero-order valence-electron chi connectivity index (χ0n) is 12.4. The van der Waals surface area contributed by atoms with Gasteiger partial charge in [0.05, 0.1) is 10.6 Å². The van der Waals surface area contributed by atoms with Crippen molar-refractivity contribution in [3.05, 3.63) is 47.8 Å². The van der Waals surface area contributed by atoms with E-state index in [1.165, 1.54) is 5.56 Å². The third-order valence-corrected chi connectivity index (χ3v) is 4.43. The maximum atomic E-state index is 9.02. The Balaban J connectivity index is 1.52. The molecule has 0 amide bonds. The van der Waals surface area contributed by atoms with Crippen LogP contribution in [0.5, 0.6) is 0 Å². The third kappa shape index (κ3) is 3.49. The summed E-state index contributed by atoms with van der Waals surface area (Å²) in [6, 6.07) is 12.3. The van der Waals surface area contributed by atoms with Gasteiger partial charge < -0.3 is 11.1 Å². The monoisotopic (exact) mass is 324 g/mol. The summed E-state index contributed by atoms with van der Waals surface area (Å²) in [4.78, 5) is 5.53. The Morgan fingerprint density at radius 3 is 2.91 bits per heavy atom. The summed E-state index contributed by atoms with van der Waals surface area (Å²) in [5.74, 6) is 0.267. The first-order chi connectivity index (χ1) is 11.3. The lowest BCUT2D eigenvalue weighted by atomic mass is 10.1. The number of H-pyrrole nitrogens is 1. The summed E-state index contributed by atoms with van der Waals surface area (Å²) in [6.07, 6.45) is 3.46. The van der Waals surface area contributed by atoms with Crippen LogP contribution in [0.2, 0.25) is 0 Å². The van der Waals surface area contributed by atoms with E-state index in [9.17, 15) is 0 Å². The van der Waals surface area contributed by atoms with Gasteiger partial charge in [0, 0.05) is 12.7 Å². The number of nitrogens with two attached hydrogens (primary N) is 1. The first-order valence-corrected chi connectivity index (χ1v) is 8.07. The molecule has 1 aromatic carbocycles. The van der Waals surface area contributed by atoms with Crippen LogP contribution in [0.1, 0.15) is 17.7 Å². The Morgan fingerprint density at radius 2 is 2.13 bits per heavy atom. The smallest absolute Gasteiger partial charge is 0.183 e. The number of aromatic nitrogens is 3. The fraction of sp³-hybridized carbons (Fsp3) is 0.188. The van der Waals surface area contributed by atoms with Gasteiger partial charge in [-0.1, -0.05) is 41.7 Å². The van der Waals surface area contributed by atoms with Crippen molar-refractivity contribution in [2.24, 2.45) is 0 Å². The molecule has 23 heavy (non-hydrogen) atoms. The second-order valence-electron chi connectivity index (χ2n) is 5.00. The molecule has 3 rings (SSSR count). The number of nitrogens with one attached hydrogen (secondary N) is 2. The van der Waals surface area contributed by atoms with Crippen molar-refractivity contribution in [3.8, 4) is 16.5 Å². The van der Waals surface area contributed by atoms with E-state index in [0.717, 1.165) is 35.1 Å². The highest BCUT2D eigenvalue weighted by Crippen LogP contribution is 2.28. The SMILES string of the molecule is N#Cc1c(N)n[nH]c1CCCNc1ncc(-c2ccccc2)s1. The van der Waals surface area contributed by atoms with Crippen LogP contribution in [0.4, 0.5) is 10.9 Å². The number of nitrogens with zero attached hydrogens (tertiary/aromatic N) is 3. The van der Waals surface area contributed by atoms with Crippen molar-refractivity contribution in [3.63, 3.8) is 0 Å². The van der Waals surface area contributed by atoms with Crippen molar-refractivity contribution in [1.82, 2.24) is 15.2 Å². The van der Waals surface area contributed by atoms with Crippen LogP contribution < -0.4 is 11.1 Å². The van der Waals surface area contributed by atoms with E-state index in [2.05, 4.69) is 38.7 Å². The van der Waals surface area contributed by atoms with E-state index in [1.54, 1.807) is 11.3 Å². The standard InChI is InChI=1S/C16H16N6S/c17-9-12-13(21-22-15(12)18)7-4-8-19-16-20-10-14(23-16)11-5-2-1-3-6-11/h1-3,5-6,10H,4,7-8H2,(H,19,20)(H3,18,21,22). The number of nitrogen functional groups attached to an aromatic ring is 1. The minimum Gasteiger partial charge on any atom is -0.381 e. The Hall–Kier alpha value is -2.85. The van der Waals surface area contributed by atoms with Gasteiger partial charge in [0.2, 0.25) is 0 Å². The van der Waals surface area contributed by atoms with Crippen LogP contribution in [0, 0.1) is 11.3 Å². The molecule has 0 atom stereocenters. The quantitative estimate of drug-likeness (QED) is 0.605. The molecular formula is C16H16N6S. The normalized spacial score (nSPS) is 10.4. The van der Waals surface area contributed by atoms with E-state index < -0.39 is 0 Å². The molecule has 6 nitrogen and oxygen atoms in total. The van der Waals surface area contributed by atoms with Crippen LogP contribution in [0.25, 0.3) is 10.4 Å². The van der Waals surface area contributed by atoms with Crippen LogP contribution >= 0.6 is 11.3 Å². The molecule has 0 radical (unpaired) electrons. The van der Waals surface area contributed by atoms with Gasteiger partial charge in [-0.05, 0) is 18.4 Å². The molecular weight excluding hydrogens is 308 g/mol. The number of aromatic amines is 1. The van der Waals surface area contributed by atoms with Crippen molar-refractivity contribution >= 4 is 22.3 Å². The van der Waals surface area contributed by atoms with Gasteiger partial charge in [-0.3, -0.25) is 5.10 Å². The second-order valence-corrected chi connectivity index (χ2v) is 6.03. The fourth-order valence-electron chi connectivity index (χ4n) is 2.25. The highest BCUT2D eigenvalue weighted by molar-refractivity contribution is 7.18. The van der Waals surface area contributed by atoms with E-state index in [4.69, 9.17) is 11.0 Å². The molecule has 0 spiro atoms. The highest BCUT2D eigenvalue weighted by atomic mass is 32.1. The molecule has 0 aliphatic carbocycles. The first kappa shape index (κ1) is 15.1. The number of aryl methyl sites for hydroxylation is 1. The summed E-state index contributed by atoms with van der Waals surface area (Å²) < 4.78 is 0. The van der Waals surface area contributed by atoms with Crippen molar-refractivity contribution in [2.75, 3.05) is 17.6 Å². The molecule has 2 aromatic heterocycles. The molecule has 3 aromatic rings. The van der Waals surface area contributed by atoms with Crippen molar-refractivity contribution < 1.29 is 0 Å². The molecule has 0 bridgehead atoms. The predicted octanol–water partition coefficient (Wildman–Crippen LogP) is 3.03. The number of hydrogen-bond acceptors (Lipinski definition) is 6.